The summed E-state index contributed by atoms with van der Waals surface area (Å²) in [6.45, 7) is 0.679. The highest BCUT2D eigenvalue weighted by molar-refractivity contribution is 5.69. The minimum Gasteiger partial charge on any atom is -0.484 e. The first-order valence-electron chi connectivity index (χ1n) is 7.06. The predicted octanol–water partition coefficient (Wildman–Crippen LogP) is 2.85. The van der Waals surface area contributed by atoms with Gasteiger partial charge in [-0.05, 0) is 12.1 Å². The third-order valence-electron chi connectivity index (χ3n) is 3.67. The molecule has 5 heteroatoms. The highest BCUT2D eigenvalue weighted by Gasteiger charge is 2.26. The first-order valence-corrected chi connectivity index (χ1v) is 7.06. The van der Waals surface area contributed by atoms with Crippen LogP contribution in [-0.2, 0) is 11.3 Å². The van der Waals surface area contributed by atoms with Crippen LogP contribution < -0.4 is 4.74 Å². The van der Waals surface area contributed by atoms with Gasteiger partial charge in [-0.2, -0.15) is 0 Å². The number of halogens is 1. The minimum absolute atomic E-state index is 0.108. The molecule has 1 aliphatic rings. The number of carboxylic acid groups (broad SMARTS) is 1. The molecule has 0 aliphatic carbocycles. The summed E-state index contributed by atoms with van der Waals surface area (Å²) < 4.78 is 20.0. The Hall–Kier alpha value is -2.40. The van der Waals surface area contributed by atoms with E-state index in [1.165, 1.54) is 6.07 Å². The van der Waals surface area contributed by atoms with Crippen LogP contribution in [0.3, 0.4) is 0 Å². The lowest BCUT2D eigenvalue weighted by atomic mass is 10.1. The Labute approximate surface area is 127 Å². The molecule has 1 heterocycles. The number of aliphatic carboxylic acids is 1. The third kappa shape index (κ3) is 3.09. The summed E-state index contributed by atoms with van der Waals surface area (Å²) in [6, 6.07) is 13.9. The van der Waals surface area contributed by atoms with Crippen molar-refractivity contribution < 1.29 is 19.0 Å². The van der Waals surface area contributed by atoms with Crippen LogP contribution in [0.1, 0.15) is 17.2 Å². The molecule has 0 amide bonds. The van der Waals surface area contributed by atoms with Gasteiger partial charge in [-0.25, -0.2) is 4.39 Å². The molecule has 22 heavy (non-hydrogen) atoms. The minimum atomic E-state index is -0.910. The second kappa shape index (κ2) is 6.15. The summed E-state index contributed by atoms with van der Waals surface area (Å²) in [5.74, 6) is -0.586. The van der Waals surface area contributed by atoms with Gasteiger partial charge in [0.25, 0.3) is 0 Å². The van der Waals surface area contributed by atoms with E-state index in [2.05, 4.69) is 0 Å². The maximum atomic E-state index is 14.1. The van der Waals surface area contributed by atoms with Crippen molar-refractivity contribution in [3.05, 3.63) is 65.5 Å². The Balaban J connectivity index is 1.97. The number of carboxylic acids is 1. The number of fused-ring (bicyclic) bond motifs is 1. The molecule has 1 atom stereocenters. The van der Waals surface area contributed by atoms with Crippen molar-refractivity contribution in [2.24, 2.45) is 0 Å². The molecular formula is C17H16FNO3. The molecule has 4 nitrogen and oxygen atoms in total. The molecule has 0 radical (unpaired) electrons. The van der Waals surface area contributed by atoms with Crippen molar-refractivity contribution >= 4 is 5.97 Å². The quantitative estimate of drug-likeness (QED) is 0.947. The van der Waals surface area contributed by atoms with Gasteiger partial charge in [0.15, 0.2) is 0 Å². The Morgan fingerprint density at radius 3 is 2.73 bits per heavy atom. The monoisotopic (exact) mass is 301 g/mol. The second-order valence-electron chi connectivity index (χ2n) is 5.30. The SMILES string of the molecule is O=C(O)CN1Cc2ccccc2OC(c2ccccc2F)C1. The molecular weight excluding hydrogens is 285 g/mol. The molecule has 0 bridgehead atoms. The van der Waals surface area contributed by atoms with Gasteiger partial charge < -0.3 is 9.84 Å². The molecule has 0 fully saturated rings. The molecule has 3 rings (SSSR count). The lowest BCUT2D eigenvalue weighted by molar-refractivity contribution is -0.138. The number of hydrogen-bond donors (Lipinski definition) is 1. The van der Waals surface area contributed by atoms with Crippen LogP contribution in [0.15, 0.2) is 48.5 Å². The molecule has 2 aromatic rings. The van der Waals surface area contributed by atoms with E-state index < -0.39 is 12.1 Å². The van der Waals surface area contributed by atoms with E-state index in [4.69, 9.17) is 9.84 Å². The number of para-hydroxylation sites is 1. The molecule has 0 saturated heterocycles. The number of carbonyl (C=O) groups is 1. The smallest absolute Gasteiger partial charge is 0.317 e. The van der Waals surface area contributed by atoms with Crippen LogP contribution in [0.5, 0.6) is 5.75 Å². The topological polar surface area (TPSA) is 49.8 Å². The van der Waals surface area contributed by atoms with Gasteiger partial charge in [-0.15, -0.1) is 0 Å². The Morgan fingerprint density at radius 2 is 1.95 bits per heavy atom. The van der Waals surface area contributed by atoms with Crippen LogP contribution in [-0.4, -0.2) is 29.1 Å². The van der Waals surface area contributed by atoms with Gasteiger partial charge >= 0.3 is 5.97 Å². The van der Waals surface area contributed by atoms with Crippen LogP contribution in [0.25, 0.3) is 0 Å². The summed E-state index contributed by atoms with van der Waals surface area (Å²) in [4.78, 5) is 12.8. The number of hydrogen-bond acceptors (Lipinski definition) is 3. The Bertz CT molecular complexity index is 689. The summed E-state index contributed by atoms with van der Waals surface area (Å²) in [5, 5.41) is 9.06. The average molecular weight is 301 g/mol. The lowest BCUT2D eigenvalue weighted by Crippen LogP contribution is -2.33. The maximum Gasteiger partial charge on any atom is 0.317 e. The molecule has 2 aromatic carbocycles. The second-order valence-corrected chi connectivity index (χ2v) is 5.30. The van der Waals surface area contributed by atoms with E-state index in [1.54, 1.807) is 23.1 Å². The van der Waals surface area contributed by atoms with Gasteiger partial charge in [-0.1, -0.05) is 36.4 Å². The van der Waals surface area contributed by atoms with E-state index in [9.17, 15) is 9.18 Å². The predicted molar refractivity (Wildman–Crippen MR) is 79.1 cm³/mol. The highest BCUT2D eigenvalue weighted by atomic mass is 19.1. The molecule has 1 N–H and O–H groups in total. The maximum absolute atomic E-state index is 14.1. The summed E-state index contributed by atoms with van der Waals surface area (Å²) >= 11 is 0. The van der Waals surface area contributed by atoms with Gasteiger partial charge in [0.1, 0.15) is 17.7 Å². The van der Waals surface area contributed by atoms with E-state index in [0.29, 0.717) is 24.4 Å². The van der Waals surface area contributed by atoms with Crippen molar-refractivity contribution in [3.8, 4) is 5.75 Å². The zero-order valence-corrected chi connectivity index (χ0v) is 11.9. The van der Waals surface area contributed by atoms with Crippen LogP contribution in [0.4, 0.5) is 4.39 Å². The van der Waals surface area contributed by atoms with Crippen molar-refractivity contribution in [1.82, 2.24) is 4.90 Å². The van der Waals surface area contributed by atoms with Gasteiger partial charge in [0.05, 0.1) is 6.54 Å². The Kier molecular flexibility index (Phi) is 4.06. The largest absolute Gasteiger partial charge is 0.484 e. The molecule has 0 saturated carbocycles. The molecule has 1 unspecified atom stereocenters. The number of rotatable bonds is 3. The van der Waals surface area contributed by atoms with Crippen molar-refractivity contribution in [1.29, 1.82) is 0 Å². The number of ether oxygens (including phenoxy) is 1. The van der Waals surface area contributed by atoms with Crippen LogP contribution >= 0.6 is 0 Å². The van der Waals surface area contributed by atoms with Gasteiger partial charge in [0.2, 0.25) is 0 Å². The normalized spacial score (nSPS) is 18.1. The zero-order chi connectivity index (χ0) is 15.5. The first-order chi connectivity index (χ1) is 10.6. The van der Waals surface area contributed by atoms with Crippen molar-refractivity contribution in [3.63, 3.8) is 0 Å². The van der Waals surface area contributed by atoms with Crippen molar-refractivity contribution in [2.75, 3.05) is 13.1 Å². The lowest BCUT2D eigenvalue weighted by Gasteiger charge is -2.23. The molecule has 1 aliphatic heterocycles. The standard InChI is InChI=1S/C17H16FNO3/c18-14-7-3-2-6-13(14)16-10-19(11-17(20)21)9-12-5-1-4-8-15(12)22-16/h1-8,16H,9-11H2,(H,20,21). The molecule has 114 valence electrons. The summed E-state index contributed by atoms with van der Waals surface area (Å²) in [7, 11) is 0. The average Bonchev–Trinajstić information content (AvgIpc) is 2.65. The fourth-order valence-electron chi connectivity index (χ4n) is 2.69. The number of nitrogens with zero attached hydrogens (tertiary/aromatic N) is 1. The summed E-state index contributed by atoms with van der Waals surface area (Å²) in [6.07, 6.45) is -0.538. The third-order valence-corrected chi connectivity index (χ3v) is 3.67. The van der Waals surface area contributed by atoms with E-state index >= 15 is 0 Å². The molecule has 0 spiro atoms. The Morgan fingerprint density at radius 1 is 1.23 bits per heavy atom. The van der Waals surface area contributed by atoms with Crippen LogP contribution in [0.2, 0.25) is 0 Å². The first kappa shape index (κ1) is 14.5. The van der Waals surface area contributed by atoms with E-state index in [1.807, 2.05) is 24.3 Å². The van der Waals surface area contributed by atoms with Crippen LogP contribution in [0, 0.1) is 5.82 Å². The van der Waals surface area contributed by atoms with Gasteiger partial charge in [0, 0.05) is 24.2 Å². The highest BCUT2D eigenvalue weighted by Crippen LogP contribution is 2.31. The van der Waals surface area contributed by atoms with E-state index in [0.717, 1.165) is 5.56 Å². The number of benzene rings is 2. The fourth-order valence-corrected chi connectivity index (χ4v) is 2.69. The van der Waals surface area contributed by atoms with Crippen molar-refractivity contribution in [2.45, 2.75) is 12.6 Å². The van der Waals surface area contributed by atoms with E-state index in [-0.39, 0.29) is 12.4 Å². The zero-order valence-electron chi connectivity index (χ0n) is 11.9. The molecule has 0 aromatic heterocycles. The summed E-state index contributed by atoms with van der Waals surface area (Å²) in [5.41, 5.74) is 1.34. The van der Waals surface area contributed by atoms with Gasteiger partial charge in [-0.3, -0.25) is 9.69 Å². The fraction of sp³-hybridized carbons (Fsp3) is 0.235.